The molecule has 3 heterocycles. The highest BCUT2D eigenvalue weighted by molar-refractivity contribution is 5.74. The number of pyridine rings is 1. The van der Waals surface area contributed by atoms with Gasteiger partial charge in [-0.25, -0.2) is 14.8 Å². The van der Waals surface area contributed by atoms with E-state index in [1.165, 1.54) is 0 Å². The number of imidazole rings is 1. The second-order valence-electron chi connectivity index (χ2n) is 6.64. The van der Waals surface area contributed by atoms with Crippen LogP contribution in [0.2, 0.25) is 0 Å². The van der Waals surface area contributed by atoms with Crippen LogP contribution in [0.25, 0.3) is 16.9 Å². The number of methoxy groups -OCH3 is 1. The van der Waals surface area contributed by atoms with Gasteiger partial charge < -0.3 is 9.72 Å². The molecule has 0 unspecified atom stereocenters. The summed E-state index contributed by atoms with van der Waals surface area (Å²) in [5, 5.41) is 4.61. The monoisotopic (exact) mass is 378 g/mol. The average molecular weight is 378 g/mol. The third-order valence-electron chi connectivity index (χ3n) is 4.61. The van der Waals surface area contributed by atoms with Crippen molar-refractivity contribution in [3.05, 3.63) is 70.3 Å². The lowest BCUT2D eigenvalue weighted by Gasteiger charge is -2.06. The lowest BCUT2D eigenvalue weighted by atomic mass is 10.3. The van der Waals surface area contributed by atoms with E-state index in [4.69, 9.17) is 4.74 Å². The summed E-state index contributed by atoms with van der Waals surface area (Å²) >= 11 is 0. The molecule has 4 aromatic rings. The maximum atomic E-state index is 12.3. The third-order valence-corrected chi connectivity index (χ3v) is 4.61. The van der Waals surface area contributed by atoms with Crippen LogP contribution in [0.5, 0.6) is 0 Å². The molecule has 1 N–H and O–H groups in total. The number of hydrogen-bond donors (Lipinski definition) is 1. The van der Waals surface area contributed by atoms with Crippen molar-refractivity contribution in [1.82, 2.24) is 29.3 Å². The fraction of sp³-hybridized carbons (Fsp3) is 0.300. The van der Waals surface area contributed by atoms with Crippen LogP contribution in [0.4, 0.5) is 0 Å². The molecule has 0 fully saturated rings. The molecule has 1 aromatic carbocycles. The molecule has 0 aliphatic heterocycles. The van der Waals surface area contributed by atoms with Gasteiger partial charge >= 0.3 is 5.69 Å². The van der Waals surface area contributed by atoms with Gasteiger partial charge in [0.15, 0.2) is 11.6 Å². The van der Waals surface area contributed by atoms with Gasteiger partial charge in [-0.3, -0.25) is 4.57 Å². The number of aryl methyl sites for hydroxylation is 3. The second-order valence-corrected chi connectivity index (χ2v) is 6.64. The molecule has 0 bridgehead atoms. The molecule has 0 amide bonds. The molecule has 28 heavy (non-hydrogen) atoms. The molecule has 0 aliphatic carbocycles. The third kappa shape index (κ3) is 3.59. The predicted molar refractivity (Wildman–Crippen MR) is 106 cm³/mol. The minimum absolute atomic E-state index is 0.124. The zero-order chi connectivity index (χ0) is 19.5. The summed E-state index contributed by atoms with van der Waals surface area (Å²) in [7, 11) is 1.66. The van der Waals surface area contributed by atoms with Gasteiger partial charge in [0.25, 0.3) is 0 Å². The van der Waals surface area contributed by atoms with Crippen molar-refractivity contribution >= 4 is 11.0 Å². The van der Waals surface area contributed by atoms with E-state index in [0.29, 0.717) is 31.8 Å². The Morgan fingerprint density at radius 1 is 1.18 bits per heavy atom. The summed E-state index contributed by atoms with van der Waals surface area (Å²) < 4.78 is 8.64. The largest absolute Gasteiger partial charge is 0.384 e. The van der Waals surface area contributed by atoms with Crippen molar-refractivity contribution in [3.8, 4) is 5.82 Å². The Balaban J connectivity index is 1.67. The Kier molecular flexibility index (Phi) is 5.03. The summed E-state index contributed by atoms with van der Waals surface area (Å²) in [6.45, 7) is 3.06. The highest BCUT2D eigenvalue weighted by atomic mass is 16.5. The van der Waals surface area contributed by atoms with Crippen LogP contribution in [0.3, 0.4) is 0 Å². The number of hydrogen-bond acceptors (Lipinski definition) is 5. The first-order valence-corrected chi connectivity index (χ1v) is 9.20. The van der Waals surface area contributed by atoms with Gasteiger partial charge in [-0.05, 0) is 36.8 Å². The van der Waals surface area contributed by atoms with Crippen molar-refractivity contribution < 1.29 is 4.74 Å². The minimum Gasteiger partial charge on any atom is -0.384 e. The van der Waals surface area contributed by atoms with Crippen LogP contribution >= 0.6 is 0 Å². The number of H-pyrrole nitrogens is 1. The van der Waals surface area contributed by atoms with Gasteiger partial charge in [0.05, 0.1) is 17.6 Å². The van der Waals surface area contributed by atoms with E-state index in [1.807, 2.05) is 43.3 Å². The van der Waals surface area contributed by atoms with Gasteiger partial charge in [0.2, 0.25) is 0 Å². The van der Waals surface area contributed by atoms with E-state index in [0.717, 1.165) is 28.2 Å². The Bertz CT molecular complexity index is 1160. The fourth-order valence-electron chi connectivity index (χ4n) is 3.21. The Labute approximate surface area is 161 Å². The Morgan fingerprint density at radius 2 is 2.04 bits per heavy atom. The van der Waals surface area contributed by atoms with Crippen LogP contribution in [0, 0.1) is 6.92 Å². The van der Waals surface area contributed by atoms with E-state index < -0.39 is 0 Å². The highest BCUT2D eigenvalue weighted by Crippen LogP contribution is 2.13. The summed E-state index contributed by atoms with van der Waals surface area (Å²) in [5.74, 6) is 2.19. The number of para-hydroxylation sites is 2. The molecule has 8 nitrogen and oxygen atoms in total. The SMILES string of the molecule is COCCc1nc(CCn2c(=O)[nH]c3ccccc32)n(-c2cc(C)ccn2)n1. The molecule has 4 rings (SSSR count). The topological polar surface area (TPSA) is 90.6 Å². The van der Waals surface area contributed by atoms with Gasteiger partial charge in [0, 0.05) is 32.7 Å². The predicted octanol–water partition coefficient (Wildman–Crippen LogP) is 2.05. The molecule has 3 aromatic heterocycles. The molecular formula is C20H22N6O2. The number of aromatic amines is 1. The van der Waals surface area contributed by atoms with Crippen molar-refractivity contribution in [1.29, 1.82) is 0 Å². The molecular weight excluding hydrogens is 356 g/mol. The molecule has 144 valence electrons. The molecule has 0 atom stereocenters. The second kappa shape index (κ2) is 7.77. The zero-order valence-corrected chi connectivity index (χ0v) is 15.9. The van der Waals surface area contributed by atoms with Crippen LogP contribution in [-0.2, 0) is 24.1 Å². The van der Waals surface area contributed by atoms with Crippen molar-refractivity contribution in [2.45, 2.75) is 26.3 Å². The number of nitrogens with one attached hydrogen (secondary N) is 1. The van der Waals surface area contributed by atoms with Crippen LogP contribution in [0.1, 0.15) is 17.2 Å². The van der Waals surface area contributed by atoms with E-state index in [2.05, 4.69) is 20.1 Å². The molecule has 0 aliphatic rings. The Morgan fingerprint density at radius 3 is 2.86 bits per heavy atom. The standard InChI is InChI=1S/C20H22N6O2/c1-14-7-10-21-19(13-14)26-18(23-17(24-26)9-12-28-2)8-11-25-16-6-4-3-5-15(16)22-20(25)27/h3-7,10,13H,8-9,11-12H2,1-2H3,(H,22,27). The first-order chi connectivity index (χ1) is 13.7. The lowest BCUT2D eigenvalue weighted by molar-refractivity contribution is 0.200. The van der Waals surface area contributed by atoms with Gasteiger partial charge in [0.1, 0.15) is 5.82 Å². The van der Waals surface area contributed by atoms with E-state index in [1.54, 1.807) is 22.6 Å². The number of benzene rings is 1. The summed E-state index contributed by atoms with van der Waals surface area (Å²) in [4.78, 5) is 24.3. The molecule has 0 saturated carbocycles. The summed E-state index contributed by atoms with van der Waals surface area (Å²) in [6, 6.07) is 11.6. The first-order valence-electron chi connectivity index (χ1n) is 9.20. The fourth-order valence-corrected chi connectivity index (χ4v) is 3.21. The van der Waals surface area contributed by atoms with Crippen molar-refractivity contribution in [2.24, 2.45) is 0 Å². The smallest absolute Gasteiger partial charge is 0.326 e. The van der Waals surface area contributed by atoms with Crippen LogP contribution < -0.4 is 5.69 Å². The summed E-state index contributed by atoms with van der Waals surface area (Å²) in [6.07, 6.45) is 2.93. The molecule has 0 radical (unpaired) electrons. The normalized spacial score (nSPS) is 11.4. The number of rotatable bonds is 7. The zero-order valence-electron chi connectivity index (χ0n) is 15.9. The van der Waals surface area contributed by atoms with Gasteiger partial charge in [-0.1, -0.05) is 12.1 Å². The quantitative estimate of drug-likeness (QED) is 0.531. The number of aromatic nitrogens is 6. The maximum absolute atomic E-state index is 12.3. The van der Waals surface area contributed by atoms with Crippen molar-refractivity contribution in [2.75, 3.05) is 13.7 Å². The molecule has 8 heteroatoms. The minimum atomic E-state index is -0.124. The molecule has 0 spiro atoms. The van der Waals surface area contributed by atoms with Gasteiger partial charge in [-0.2, -0.15) is 4.68 Å². The number of ether oxygens (including phenoxy) is 1. The Hall–Kier alpha value is -3.26. The summed E-state index contributed by atoms with van der Waals surface area (Å²) in [5.41, 5.74) is 2.68. The van der Waals surface area contributed by atoms with E-state index in [9.17, 15) is 4.79 Å². The maximum Gasteiger partial charge on any atom is 0.326 e. The number of fused-ring (bicyclic) bond motifs is 1. The van der Waals surface area contributed by atoms with E-state index in [-0.39, 0.29) is 5.69 Å². The lowest BCUT2D eigenvalue weighted by Crippen LogP contribution is -2.19. The van der Waals surface area contributed by atoms with Crippen LogP contribution in [0.15, 0.2) is 47.4 Å². The molecule has 0 saturated heterocycles. The highest BCUT2D eigenvalue weighted by Gasteiger charge is 2.14. The van der Waals surface area contributed by atoms with Crippen LogP contribution in [-0.4, -0.2) is 43.0 Å². The number of nitrogens with zero attached hydrogens (tertiary/aromatic N) is 5. The average Bonchev–Trinajstić information content (AvgIpc) is 3.24. The van der Waals surface area contributed by atoms with Crippen molar-refractivity contribution in [3.63, 3.8) is 0 Å². The van der Waals surface area contributed by atoms with E-state index >= 15 is 0 Å². The first kappa shape index (κ1) is 18.1. The van der Waals surface area contributed by atoms with Gasteiger partial charge in [-0.15, -0.1) is 5.10 Å².